The number of carbonyl (C=O) groups is 5. The van der Waals surface area contributed by atoms with Crippen LogP contribution in [0.2, 0.25) is 0 Å². The number of phenols is 1. The second-order valence-electron chi connectivity index (χ2n) is 10.6. The number of aromatic carboxylic acids is 1. The summed E-state index contributed by atoms with van der Waals surface area (Å²) in [6.07, 6.45) is 3.56. The number of imide groups is 1. The largest absolute Gasteiger partial charge is 0.503 e. The molecule has 10 heteroatoms. The Hall–Kier alpha value is -4.31. The first-order chi connectivity index (χ1) is 19.5. The maximum absolute atomic E-state index is 14.0. The van der Waals surface area contributed by atoms with E-state index in [9.17, 15) is 34.2 Å². The van der Waals surface area contributed by atoms with Crippen LogP contribution in [0.1, 0.15) is 41.6 Å². The predicted octanol–water partition coefficient (Wildman–Crippen LogP) is 4.50. The summed E-state index contributed by atoms with van der Waals surface area (Å²) in [5.74, 6) is -5.35. The standard InChI is InChI=1S/C31H24BrNO8/c1-13-8-22(34)20-12-19-17(24(26(20)27(13)35)15-10-21(32)28(36)23(11-15)41-2)6-7-18-25(19)30(38)33(29(18)37)16-5-3-4-14(9-16)31(39)40/h3-6,8-11,18-19,24-25,36H,7,12H2,1-2H3,(H,39,40). The van der Waals surface area contributed by atoms with E-state index in [2.05, 4.69) is 15.9 Å². The maximum atomic E-state index is 14.0. The Kier molecular flexibility index (Phi) is 6.33. The van der Waals surface area contributed by atoms with Crippen molar-refractivity contribution >= 4 is 51.0 Å². The lowest BCUT2D eigenvalue weighted by Gasteiger charge is -2.42. The number of hydrogen-bond donors (Lipinski definition) is 2. The SMILES string of the molecule is COc1cc(C2C3=CCC4C(=O)N(c5cccc(C(=O)O)c5)C(=O)C4C3CC3=C2C(=O)C(C)=CC3=O)cc(Br)c1O. The number of fused-ring (bicyclic) bond motifs is 3. The number of ether oxygens (including phenoxy) is 1. The number of ketones is 2. The molecule has 1 fully saturated rings. The van der Waals surface area contributed by atoms with Crippen LogP contribution in [0, 0.1) is 17.8 Å². The molecule has 6 rings (SSSR count). The molecule has 1 aliphatic heterocycles. The summed E-state index contributed by atoms with van der Waals surface area (Å²) >= 11 is 3.36. The fourth-order valence-electron chi connectivity index (χ4n) is 6.69. The molecule has 0 bridgehead atoms. The van der Waals surface area contributed by atoms with Gasteiger partial charge in [0.2, 0.25) is 11.8 Å². The summed E-state index contributed by atoms with van der Waals surface area (Å²) in [7, 11) is 1.41. The van der Waals surface area contributed by atoms with E-state index in [1.54, 1.807) is 19.1 Å². The Balaban J connectivity index is 1.49. The molecule has 41 heavy (non-hydrogen) atoms. The van der Waals surface area contributed by atoms with Crippen LogP contribution in [0.15, 0.2) is 75.3 Å². The van der Waals surface area contributed by atoms with Crippen LogP contribution in [-0.2, 0) is 19.2 Å². The van der Waals surface area contributed by atoms with Gasteiger partial charge < -0.3 is 14.9 Å². The Labute approximate surface area is 242 Å². The third-order valence-electron chi connectivity index (χ3n) is 8.52. The zero-order chi connectivity index (χ0) is 29.3. The molecule has 2 N–H and O–H groups in total. The topological polar surface area (TPSA) is 138 Å². The average molecular weight is 618 g/mol. The minimum Gasteiger partial charge on any atom is -0.503 e. The number of aromatic hydroxyl groups is 1. The molecular formula is C31H24BrNO8. The highest BCUT2D eigenvalue weighted by atomic mass is 79.9. The van der Waals surface area contributed by atoms with Gasteiger partial charge in [0.25, 0.3) is 0 Å². The van der Waals surface area contributed by atoms with Crippen LogP contribution in [0.3, 0.4) is 0 Å². The van der Waals surface area contributed by atoms with Gasteiger partial charge in [-0.2, -0.15) is 0 Å². The molecule has 208 valence electrons. The first-order valence-electron chi connectivity index (χ1n) is 13.0. The van der Waals surface area contributed by atoms with Crippen molar-refractivity contribution < 1.29 is 38.9 Å². The number of benzene rings is 2. The van der Waals surface area contributed by atoms with Gasteiger partial charge in [-0.1, -0.05) is 17.7 Å². The molecule has 4 atom stereocenters. The van der Waals surface area contributed by atoms with E-state index < -0.39 is 41.5 Å². The number of allylic oxidation sites excluding steroid dienone is 6. The van der Waals surface area contributed by atoms with E-state index in [-0.39, 0.29) is 47.2 Å². The van der Waals surface area contributed by atoms with Gasteiger partial charge in [-0.25, -0.2) is 4.79 Å². The molecule has 0 spiro atoms. The minimum atomic E-state index is -1.18. The quantitative estimate of drug-likeness (QED) is 0.291. The Bertz CT molecular complexity index is 1700. The van der Waals surface area contributed by atoms with Crippen LogP contribution in [0.4, 0.5) is 5.69 Å². The van der Waals surface area contributed by atoms with Gasteiger partial charge in [0.15, 0.2) is 23.1 Å². The van der Waals surface area contributed by atoms with E-state index in [4.69, 9.17) is 4.74 Å². The summed E-state index contributed by atoms with van der Waals surface area (Å²) in [6, 6.07) is 8.96. The molecule has 0 saturated carbocycles. The molecule has 0 radical (unpaired) electrons. The number of amides is 2. The van der Waals surface area contributed by atoms with Gasteiger partial charge in [-0.3, -0.25) is 24.1 Å². The Morgan fingerprint density at radius 1 is 1.07 bits per heavy atom. The molecule has 0 aromatic heterocycles. The number of carboxylic acids is 1. The number of phenolic OH excluding ortho intramolecular Hbond substituents is 1. The van der Waals surface area contributed by atoms with Gasteiger partial charge in [0, 0.05) is 22.6 Å². The number of rotatable bonds is 4. The maximum Gasteiger partial charge on any atom is 0.335 e. The molecule has 9 nitrogen and oxygen atoms in total. The van der Waals surface area contributed by atoms with Crippen molar-refractivity contribution in [1.29, 1.82) is 0 Å². The number of hydrogen-bond acceptors (Lipinski definition) is 7. The van der Waals surface area contributed by atoms with E-state index in [0.29, 0.717) is 26.8 Å². The number of Topliss-reactive ketones (excluding diaryl/α,β-unsaturated/α-hetero) is 1. The number of methoxy groups -OCH3 is 1. The summed E-state index contributed by atoms with van der Waals surface area (Å²) in [5.41, 5.74) is 2.42. The Morgan fingerprint density at radius 3 is 2.54 bits per heavy atom. The van der Waals surface area contributed by atoms with Crippen LogP contribution < -0.4 is 9.64 Å². The average Bonchev–Trinajstić information content (AvgIpc) is 3.21. The van der Waals surface area contributed by atoms with Gasteiger partial charge in [-0.15, -0.1) is 0 Å². The van der Waals surface area contributed by atoms with Gasteiger partial charge in [-0.05, 0) is 83.6 Å². The number of nitrogens with zero attached hydrogens (tertiary/aromatic N) is 1. The van der Waals surface area contributed by atoms with Gasteiger partial charge in [0.05, 0.1) is 34.7 Å². The first-order valence-corrected chi connectivity index (χ1v) is 13.8. The van der Waals surface area contributed by atoms with E-state index in [0.717, 1.165) is 10.5 Å². The van der Waals surface area contributed by atoms with Crippen molar-refractivity contribution in [3.63, 3.8) is 0 Å². The third kappa shape index (κ3) is 4.00. The Morgan fingerprint density at radius 2 is 1.83 bits per heavy atom. The lowest BCUT2D eigenvalue weighted by molar-refractivity contribution is -0.123. The zero-order valence-electron chi connectivity index (χ0n) is 22.0. The van der Waals surface area contributed by atoms with Crippen molar-refractivity contribution in [2.45, 2.75) is 25.7 Å². The van der Waals surface area contributed by atoms with Crippen molar-refractivity contribution in [3.05, 3.63) is 86.4 Å². The van der Waals surface area contributed by atoms with Crippen molar-refractivity contribution in [2.24, 2.45) is 17.8 Å². The smallest absolute Gasteiger partial charge is 0.335 e. The molecule has 4 unspecified atom stereocenters. The van der Waals surface area contributed by atoms with Crippen LogP contribution >= 0.6 is 15.9 Å². The number of carboxylic acid groups (broad SMARTS) is 1. The van der Waals surface area contributed by atoms with Gasteiger partial charge in [0.1, 0.15) is 0 Å². The fourth-order valence-corrected chi connectivity index (χ4v) is 7.15. The molecule has 4 aliphatic rings. The van der Waals surface area contributed by atoms with Crippen molar-refractivity contribution in [2.75, 3.05) is 12.0 Å². The van der Waals surface area contributed by atoms with Crippen LogP contribution in [-0.4, -0.2) is 46.7 Å². The van der Waals surface area contributed by atoms with E-state index >= 15 is 0 Å². The molecule has 2 aromatic carbocycles. The minimum absolute atomic E-state index is 0.0513. The highest BCUT2D eigenvalue weighted by Gasteiger charge is 2.56. The summed E-state index contributed by atoms with van der Waals surface area (Å²) < 4.78 is 5.70. The monoisotopic (exact) mass is 617 g/mol. The fraction of sp³-hybridized carbons (Fsp3) is 0.258. The second-order valence-corrected chi connectivity index (χ2v) is 11.5. The van der Waals surface area contributed by atoms with Crippen molar-refractivity contribution in [1.82, 2.24) is 0 Å². The lowest BCUT2D eigenvalue weighted by atomic mass is 9.59. The second kappa shape index (κ2) is 9.66. The number of anilines is 1. The lowest BCUT2D eigenvalue weighted by Crippen LogP contribution is -2.39. The summed E-state index contributed by atoms with van der Waals surface area (Å²) in [5, 5.41) is 19.9. The van der Waals surface area contributed by atoms with Crippen LogP contribution in [0.5, 0.6) is 11.5 Å². The highest BCUT2D eigenvalue weighted by molar-refractivity contribution is 9.10. The summed E-state index contributed by atoms with van der Waals surface area (Å²) in [6.45, 7) is 1.59. The normalized spacial score (nSPS) is 25.4. The summed E-state index contributed by atoms with van der Waals surface area (Å²) in [4.78, 5) is 67.1. The first kappa shape index (κ1) is 26.9. The molecule has 3 aliphatic carbocycles. The van der Waals surface area contributed by atoms with E-state index in [1.807, 2.05) is 6.08 Å². The molecule has 1 saturated heterocycles. The number of halogens is 1. The van der Waals surface area contributed by atoms with Gasteiger partial charge >= 0.3 is 5.97 Å². The zero-order valence-corrected chi connectivity index (χ0v) is 23.6. The predicted molar refractivity (Wildman–Crippen MR) is 150 cm³/mol. The third-order valence-corrected chi connectivity index (χ3v) is 9.12. The highest BCUT2D eigenvalue weighted by Crippen LogP contribution is 2.56. The number of carbonyl (C=O) groups excluding carboxylic acids is 4. The molecular weight excluding hydrogens is 594 g/mol. The van der Waals surface area contributed by atoms with E-state index in [1.165, 1.54) is 37.5 Å². The molecule has 2 aromatic rings. The molecule has 2 amide bonds. The van der Waals surface area contributed by atoms with Crippen molar-refractivity contribution in [3.8, 4) is 11.5 Å². The van der Waals surface area contributed by atoms with Crippen LogP contribution in [0.25, 0.3) is 0 Å². The molecule has 1 heterocycles.